The van der Waals surface area contributed by atoms with Crippen molar-refractivity contribution < 1.29 is 13.8 Å². The fraction of sp³-hybridized carbons (Fsp3) is 0.292. The van der Waals surface area contributed by atoms with E-state index in [0.717, 1.165) is 55.3 Å². The van der Waals surface area contributed by atoms with Gasteiger partial charge in [0.25, 0.3) is 5.91 Å². The Morgan fingerprint density at radius 3 is 2.48 bits per heavy atom. The van der Waals surface area contributed by atoms with Crippen LogP contribution in [0.4, 0.5) is 10.5 Å². The van der Waals surface area contributed by atoms with Crippen molar-refractivity contribution in [2.24, 2.45) is 11.4 Å². The van der Waals surface area contributed by atoms with E-state index in [2.05, 4.69) is 25.6 Å². The highest BCUT2D eigenvalue weighted by molar-refractivity contribution is 7.93. The minimum absolute atomic E-state index is 0.229. The summed E-state index contributed by atoms with van der Waals surface area (Å²) < 4.78 is 21.8. The first-order valence-corrected chi connectivity index (χ1v) is 12.6. The van der Waals surface area contributed by atoms with Crippen molar-refractivity contribution >= 4 is 27.5 Å². The van der Waals surface area contributed by atoms with Crippen LogP contribution in [-0.4, -0.2) is 25.9 Å². The van der Waals surface area contributed by atoms with Crippen molar-refractivity contribution in [3.8, 4) is 11.1 Å². The number of anilines is 1. The predicted octanol–water partition coefficient (Wildman–Crippen LogP) is 3.78. The molecular formula is C24H23N5O3S. The van der Waals surface area contributed by atoms with Crippen molar-refractivity contribution in [1.82, 2.24) is 14.5 Å². The topological polar surface area (TPSA) is 105 Å². The number of hydrogen-bond donors (Lipinski definition) is 2. The maximum absolute atomic E-state index is 13.7. The maximum Gasteiger partial charge on any atom is 0.355 e. The number of nitrogens with one attached hydrogen (secondary N) is 2. The van der Waals surface area contributed by atoms with E-state index in [-0.39, 0.29) is 10.5 Å². The Labute approximate surface area is 191 Å². The number of urea groups is 1. The first kappa shape index (κ1) is 20.2. The standard InChI is InChI=1S/C24H23N5O3S/c1-29-13-17(12-25-29)14-8-9-20-21(11-14)33(32,27-23(20)30)28-24(31)26-22-18-6-2-4-15(18)10-16-5-3-7-19(16)22/h8-13H,2-7H2,1H3,(H2,26,27,28,30,31,32). The number of nitrogens with zero attached hydrogens (tertiary/aromatic N) is 3. The second-order valence-electron chi connectivity index (χ2n) is 8.83. The SMILES string of the molecule is Cn1cc(-c2ccc3c(c2)S(=O)(=NC(=O)Nc2c4c(cc5c2CCC5)CCC4)NC3=O)cn1. The molecule has 6 rings (SSSR count). The summed E-state index contributed by atoms with van der Waals surface area (Å²) in [5.74, 6) is -0.495. The van der Waals surface area contributed by atoms with Gasteiger partial charge in [-0.3, -0.25) is 14.2 Å². The molecule has 0 saturated carbocycles. The van der Waals surface area contributed by atoms with E-state index in [1.807, 2.05) is 13.2 Å². The number of carbonyl (C=O) groups is 2. The number of amides is 3. The first-order valence-electron chi connectivity index (χ1n) is 11.1. The van der Waals surface area contributed by atoms with Gasteiger partial charge in [-0.25, -0.2) is 9.00 Å². The van der Waals surface area contributed by atoms with Crippen LogP contribution in [0.25, 0.3) is 11.1 Å². The van der Waals surface area contributed by atoms with Gasteiger partial charge in [-0.15, -0.1) is 4.36 Å². The lowest BCUT2D eigenvalue weighted by molar-refractivity contribution is 0.0985. The molecule has 8 nitrogen and oxygen atoms in total. The van der Waals surface area contributed by atoms with Crippen LogP contribution in [-0.2, 0) is 42.6 Å². The lowest BCUT2D eigenvalue weighted by Gasteiger charge is -2.15. The molecule has 9 heteroatoms. The van der Waals surface area contributed by atoms with Gasteiger partial charge in [0.1, 0.15) is 0 Å². The Bertz CT molecular complexity index is 1450. The van der Waals surface area contributed by atoms with Gasteiger partial charge in [0.05, 0.1) is 16.7 Å². The van der Waals surface area contributed by atoms with Gasteiger partial charge in [0.15, 0.2) is 9.92 Å². The third-order valence-electron chi connectivity index (χ3n) is 6.71. The number of hydrogen-bond acceptors (Lipinski definition) is 4. The quantitative estimate of drug-likeness (QED) is 0.606. The summed E-state index contributed by atoms with van der Waals surface area (Å²) in [6, 6.07) is 6.63. The number of aryl methyl sites for hydroxylation is 3. The largest absolute Gasteiger partial charge is 0.355 e. The van der Waals surface area contributed by atoms with Gasteiger partial charge in [-0.05, 0) is 78.5 Å². The highest BCUT2D eigenvalue weighted by Gasteiger charge is 2.33. The smallest absolute Gasteiger partial charge is 0.305 e. The van der Waals surface area contributed by atoms with Gasteiger partial charge in [0.2, 0.25) is 0 Å². The van der Waals surface area contributed by atoms with Crippen molar-refractivity contribution in [3.05, 3.63) is 64.5 Å². The Hall–Kier alpha value is -3.46. The fourth-order valence-corrected chi connectivity index (χ4v) is 6.85. The van der Waals surface area contributed by atoms with Gasteiger partial charge < -0.3 is 5.32 Å². The van der Waals surface area contributed by atoms with Crippen molar-refractivity contribution in [2.45, 2.75) is 43.4 Å². The molecule has 33 heavy (non-hydrogen) atoms. The summed E-state index contributed by atoms with van der Waals surface area (Å²) in [6.45, 7) is 0. The van der Waals surface area contributed by atoms with E-state index in [4.69, 9.17) is 0 Å². The minimum atomic E-state index is -3.45. The molecular weight excluding hydrogens is 438 g/mol. The molecule has 3 aliphatic rings. The fourth-order valence-electron chi connectivity index (χ4n) is 5.21. The number of carbonyl (C=O) groups excluding carboxylic acids is 2. The molecule has 3 amide bonds. The molecule has 2 heterocycles. The zero-order valence-corrected chi connectivity index (χ0v) is 19.0. The van der Waals surface area contributed by atoms with E-state index in [1.54, 1.807) is 29.1 Å². The Morgan fingerprint density at radius 1 is 1.09 bits per heavy atom. The van der Waals surface area contributed by atoms with E-state index in [9.17, 15) is 13.8 Å². The first-order chi connectivity index (χ1) is 15.9. The Morgan fingerprint density at radius 2 is 1.82 bits per heavy atom. The number of rotatable bonds is 2. The molecule has 0 bridgehead atoms. The van der Waals surface area contributed by atoms with E-state index >= 15 is 0 Å². The lowest BCUT2D eigenvalue weighted by atomic mass is 9.99. The summed E-state index contributed by atoms with van der Waals surface area (Å²) in [5.41, 5.74) is 7.59. The lowest BCUT2D eigenvalue weighted by Crippen LogP contribution is -2.23. The molecule has 168 valence electrons. The monoisotopic (exact) mass is 461 g/mol. The predicted molar refractivity (Wildman–Crippen MR) is 124 cm³/mol. The minimum Gasteiger partial charge on any atom is -0.305 e. The van der Waals surface area contributed by atoms with Crippen LogP contribution in [0.15, 0.2) is 45.9 Å². The number of benzene rings is 2. The molecule has 1 unspecified atom stereocenters. The second-order valence-corrected chi connectivity index (χ2v) is 10.7. The van der Waals surface area contributed by atoms with Crippen LogP contribution in [0, 0.1) is 0 Å². The highest BCUT2D eigenvalue weighted by atomic mass is 32.2. The van der Waals surface area contributed by atoms with Crippen molar-refractivity contribution in [2.75, 3.05) is 5.32 Å². The average molecular weight is 462 g/mol. The maximum atomic E-state index is 13.7. The zero-order chi connectivity index (χ0) is 22.7. The van der Waals surface area contributed by atoms with Gasteiger partial charge in [-0.1, -0.05) is 12.1 Å². The van der Waals surface area contributed by atoms with Crippen LogP contribution in [0.5, 0.6) is 0 Å². The van der Waals surface area contributed by atoms with Crippen molar-refractivity contribution in [3.63, 3.8) is 0 Å². The van der Waals surface area contributed by atoms with Crippen LogP contribution < -0.4 is 10.0 Å². The molecule has 1 aliphatic heterocycles. The van der Waals surface area contributed by atoms with Gasteiger partial charge >= 0.3 is 6.03 Å². The molecule has 1 aromatic heterocycles. The van der Waals surface area contributed by atoms with Crippen molar-refractivity contribution in [1.29, 1.82) is 0 Å². The summed E-state index contributed by atoms with van der Waals surface area (Å²) in [5, 5.41) is 7.11. The Kier molecular flexibility index (Phi) is 4.45. The summed E-state index contributed by atoms with van der Waals surface area (Å²) in [4.78, 5) is 25.7. The average Bonchev–Trinajstić information content (AvgIpc) is 3.56. The highest BCUT2D eigenvalue weighted by Crippen LogP contribution is 2.39. The van der Waals surface area contributed by atoms with Crippen LogP contribution in [0.1, 0.15) is 45.5 Å². The third-order valence-corrected chi connectivity index (χ3v) is 8.53. The second kappa shape index (κ2) is 7.28. The summed E-state index contributed by atoms with van der Waals surface area (Å²) in [6.07, 6.45) is 9.51. The van der Waals surface area contributed by atoms with E-state index in [0.29, 0.717) is 0 Å². The molecule has 0 fully saturated rings. The zero-order valence-electron chi connectivity index (χ0n) is 18.2. The van der Waals surface area contributed by atoms with Gasteiger partial charge in [0, 0.05) is 24.5 Å². The Balaban J connectivity index is 1.39. The van der Waals surface area contributed by atoms with Crippen LogP contribution >= 0.6 is 0 Å². The summed E-state index contributed by atoms with van der Waals surface area (Å²) in [7, 11) is -1.64. The molecule has 0 radical (unpaired) electrons. The molecule has 2 N–H and O–H groups in total. The molecule has 3 aromatic rings. The number of fused-ring (bicyclic) bond motifs is 3. The molecule has 0 spiro atoms. The number of aromatic nitrogens is 2. The molecule has 1 atom stereocenters. The molecule has 0 saturated heterocycles. The van der Waals surface area contributed by atoms with Crippen LogP contribution in [0.2, 0.25) is 0 Å². The van der Waals surface area contributed by atoms with Crippen LogP contribution in [0.3, 0.4) is 0 Å². The molecule has 2 aliphatic carbocycles. The summed E-state index contributed by atoms with van der Waals surface area (Å²) >= 11 is 0. The third kappa shape index (κ3) is 3.26. The normalized spacial score (nSPS) is 20.2. The van der Waals surface area contributed by atoms with E-state index in [1.165, 1.54) is 22.3 Å². The van der Waals surface area contributed by atoms with Gasteiger partial charge in [-0.2, -0.15) is 5.10 Å². The molecule has 2 aromatic carbocycles. The van der Waals surface area contributed by atoms with E-state index < -0.39 is 21.9 Å².